The first kappa shape index (κ1) is 9.96. The van der Waals surface area contributed by atoms with E-state index in [1.165, 1.54) is 5.56 Å². The maximum Gasteiger partial charge on any atom is 0.410 e. The van der Waals surface area contributed by atoms with Crippen LogP contribution in [0.3, 0.4) is 0 Å². The van der Waals surface area contributed by atoms with Crippen molar-refractivity contribution < 1.29 is 9.53 Å². The molecule has 0 spiro atoms. The predicted molar refractivity (Wildman–Crippen MR) is 55.4 cm³/mol. The molecule has 80 valence electrons. The second-order valence-electron chi connectivity index (χ2n) is 3.51. The van der Waals surface area contributed by atoms with Crippen molar-refractivity contribution in [2.45, 2.75) is 19.9 Å². The number of hydrogen-bond donors (Lipinski definition) is 0. The van der Waals surface area contributed by atoms with Crippen LogP contribution < -0.4 is 0 Å². The molecular weight excluding hydrogens is 192 g/mol. The summed E-state index contributed by atoms with van der Waals surface area (Å²) in [6, 6.07) is 2.01. The van der Waals surface area contributed by atoms with E-state index in [9.17, 15) is 4.79 Å². The maximum atomic E-state index is 11.5. The van der Waals surface area contributed by atoms with Gasteiger partial charge in [-0.2, -0.15) is 0 Å². The van der Waals surface area contributed by atoms with Crippen LogP contribution in [0.15, 0.2) is 18.5 Å². The number of hydrogen-bond acceptors (Lipinski definition) is 3. The Morgan fingerprint density at radius 2 is 2.47 bits per heavy atom. The Labute approximate surface area is 88.9 Å². The van der Waals surface area contributed by atoms with E-state index in [0.717, 1.165) is 18.5 Å². The van der Waals surface area contributed by atoms with Gasteiger partial charge in [0.25, 0.3) is 0 Å². The molecule has 0 radical (unpaired) electrons. The summed E-state index contributed by atoms with van der Waals surface area (Å²) in [5.41, 5.74) is 2.40. The number of amides is 1. The Hall–Kier alpha value is -1.58. The lowest BCUT2D eigenvalue weighted by atomic mass is 10.0. The molecule has 1 amide bonds. The van der Waals surface area contributed by atoms with E-state index in [0.29, 0.717) is 13.2 Å². The zero-order chi connectivity index (χ0) is 10.7. The molecule has 0 saturated carbocycles. The van der Waals surface area contributed by atoms with Gasteiger partial charge in [0.2, 0.25) is 0 Å². The molecular formula is C11H14N2O2. The van der Waals surface area contributed by atoms with Crippen molar-refractivity contribution in [3.8, 4) is 0 Å². The van der Waals surface area contributed by atoms with Gasteiger partial charge in [-0.15, -0.1) is 0 Å². The summed E-state index contributed by atoms with van der Waals surface area (Å²) < 4.78 is 4.96. The first-order chi connectivity index (χ1) is 7.31. The summed E-state index contributed by atoms with van der Waals surface area (Å²) in [6.45, 7) is 3.59. The van der Waals surface area contributed by atoms with E-state index >= 15 is 0 Å². The Morgan fingerprint density at radius 1 is 1.60 bits per heavy atom. The van der Waals surface area contributed by atoms with Gasteiger partial charge in [0.15, 0.2) is 0 Å². The van der Waals surface area contributed by atoms with E-state index in [1.54, 1.807) is 11.1 Å². The molecule has 0 N–H and O–H groups in total. The highest BCUT2D eigenvalue weighted by Crippen LogP contribution is 2.17. The topological polar surface area (TPSA) is 42.4 Å². The minimum Gasteiger partial charge on any atom is -0.450 e. The Morgan fingerprint density at radius 3 is 3.27 bits per heavy atom. The third kappa shape index (κ3) is 2.09. The minimum absolute atomic E-state index is 0.230. The van der Waals surface area contributed by atoms with Gasteiger partial charge < -0.3 is 9.64 Å². The number of fused-ring (bicyclic) bond motifs is 1. The fraction of sp³-hybridized carbons (Fsp3) is 0.455. The van der Waals surface area contributed by atoms with Crippen molar-refractivity contribution in [2.24, 2.45) is 0 Å². The largest absolute Gasteiger partial charge is 0.450 e. The van der Waals surface area contributed by atoms with Crippen LogP contribution in [-0.4, -0.2) is 29.1 Å². The quantitative estimate of drug-likeness (QED) is 0.700. The molecule has 4 heteroatoms. The normalized spacial score (nSPS) is 14.6. The maximum absolute atomic E-state index is 11.5. The van der Waals surface area contributed by atoms with Crippen molar-refractivity contribution in [1.29, 1.82) is 0 Å². The van der Waals surface area contributed by atoms with Crippen LogP contribution in [0.25, 0.3) is 0 Å². The highest BCUT2D eigenvalue weighted by Gasteiger charge is 2.21. The van der Waals surface area contributed by atoms with Crippen LogP contribution >= 0.6 is 0 Å². The Balaban J connectivity index is 2.08. The van der Waals surface area contributed by atoms with Crippen LogP contribution in [-0.2, 0) is 17.7 Å². The molecule has 0 unspecified atom stereocenters. The average molecular weight is 206 g/mol. The smallest absolute Gasteiger partial charge is 0.410 e. The van der Waals surface area contributed by atoms with Crippen LogP contribution in [0.5, 0.6) is 0 Å². The molecule has 0 bridgehead atoms. The lowest BCUT2D eigenvalue weighted by molar-refractivity contribution is 0.102. The van der Waals surface area contributed by atoms with Crippen LogP contribution in [0.2, 0.25) is 0 Å². The molecule has 0 atom stereocenters. The first-order valence-corrected chi connectivity index (χ1v) is 5.14. The second-order valence-corrected chi connectivity index (χ2v) is 3.51. The molecule has 2 rings (SSSR count). The summed E-state index contributed by atoms with van der Waals surface area (Å²) in [6.07, 6.45) is 4.27. The molecule has 1 aliphatic rings. The number of rotatable bonds is 1. The minimum atomic E-state index is -0.230. The van der Waals surface area contributed by atoms with E-state index in [2.05, 4.69) is 4.98 Å². The molecule has 0 aliphatic carbocycles. The van der Waals surface area contributed by atoms with E-state index in [-0.39, 0.29) is 6.09 Å². The lowest BCUT2D eigenvalue weighted by Crippen LogP contribution is -2.36. The summed E-state index contributed by atoms with van der Waals surface area (Å²) >= 11 is 0. The standard InChI is InChI=1S/C11H14N2O2/c1-2-15-11(14)13-6-4-9-3-5-12-7-10(9)8-13/h3,5,7H,2,4,6,8H2,1H3. The molecule has 0 fully saturated rings. The zero-order valence-electron chi connectivity index (χ0n) is 8.77. The fourth-order valence-electron chi connectivity index (χ4n) is 1.75. The summed E-state index contributed by atoms with van der Waals surface area (Å²) in [4.78, 5) is 17.3. The average Bonchev–Trinajstić information content (AvgIpc) is 2.29. The second kappa shape index (κ2) is 4.29. The van der Waals surface area contributed by atoms with Gasteiger partial charge in [0.1, 0.15) is 0 Å². The van der Waals surface area contributed by atoms with Gasteiger partial charge in [-0.05, 0) is 30.5 Å². The molecule has 1 aromatic rings. The van der Waals surface area contributed by atoms with Crippen molar-refractivity contribution in [1.82, 2.24) is 9.88 Å². The number of aromatic nitrogens is 1. The Bertz CT molecular complexity index is 365. The van der Waals surface area contributed by atoms with Gasteiger partial charge in [-0.3, -0.25) is 4.98 Å². The van der Waals surface area contributed by atoms with Gasteiger partial charge >= 0.3 is 6.09 Å². The van der Waals surface area contributed by atoms with Gasteiger partial charge in [0, 0.05) is 18.9 Å². The molecule has 1 aliphatic heterocycles. The molecule has 1 aromatic heterocycles. The predicted octanol–water partition coefficient (Wildman–Crippen LogP) is 1.60. The lowest BCUT2D eigenvalue weighted by Gasteiger charge is -2.27. The fourth-order valence-corrected chi connectivity index (χ4v) is 1.75. The van der Waals surface area contributed by atoms with E-state index in [4.69, 9.17) is 4.74 Å². The van der Waals surface area contributed by atoms with Crippen molar-refractivity contribution in [3.63, 3.8) is 0 Å². The third-order valence-electron chi connectivity index (χ3n) is 2.54. The molecule has 0 saturated heterocycles. The number of ether oxygens (including phenoxy) is 1. The number of pyridine rings is 1. The molecule has 0 aromatic carbocycles. The van der Waals surface area contributed by atoms with Gasteiger partial charge in [-0.1, -0.05) is 0 Å². The number of carbonyl (C=O) groups excluding carboxylic acids is 1. The molecule has 2 heterocycles. The third-order valence-corrected chi connectivity index (χ3v) is 2.54. The van der Waals surface area contributed by atoms with Crippen molar-refractivity contribution >= 4 is 6.09 Å². The van der Waals surface area contributed by atoms with Gasteiger partial charge in [0.05, 0.1) is 13.2 Å². The van der Waals surface area contributed by atoms with E-state index < -0.39 is 0 Å². The van der Waals surface area contributed by atoms with Crippen molar-refractivity contribution in [3.05, 3.63) is 29.6 Å². The van der Waals surface area contributed by atoms with E-state index in [1.807, 2.05) is 19.2 Å². The van der Waals surface area contributed by atoms with Crippen LogP contribution in [0, 0.1) is 0 Å². The monoisotopic (exact) mass is 206 g/mol. The van der Waals surface area contributed by atoms with Gasteiger partial charge in [-0.25, -0.2) is 4.79 Å². The number of carbonyl (C=O) groups is 1. The number of nitrogens with zero attached hydrogens (tertiary/aromatic N) is 2. The van der Waals surface area contributed by atoms with Crippen molar-refractivity contribution in [2.75, 3.05) is 13.2 Å². The van der Waals surface area contributed by atoms with Crippen LogP contribution in [0.4, 0.5) is 4.79 Å². The SMILES string of the molecule is CCOC(=O)N1CCc2ccncc2C1. The highest BCUT2D eigenvalue weighted by molar-refractivity contribution is 5.68. The zero-order valence-corrected chi connectivity index (χ0v) is 8.77. The first-order valence-electron chi connectivity index (χ1n) is 5.14. The highest BCUT2D eigenvalue weighted by atomic mass is 16.6. The van der Waals surface area contributed by atoms with Crippen LogP contribution in [0.1, 0.15) is 18.1 Å². The summed E-state index contributed by atoms with van der Waals surface area (Å²) in [5.74, 6) is 0. The molecule has 15 heavy (non-hydrogen) atoms. The summed E-state index contributed by atoms with van der Waals surface area (Å²) in [5, 5.41) is 0. The Kier molecular flexibility index (Phi) is 2.85. The molecule has 4 nitrogen and oxygen atoms in total. The summed E-state index contributed by atoms with van der Waals surface area (Å²) in [7, 11) is 0.